The maximum Gasteiger partial charge on any atom is 0.233 e. The molecule has 11 heavy (non-hydrogen) atoms. The predicted octanol–water partition coefficient (Wildman–Crippen LogP) is 0.835. The van der Waals surface area contributed by atoms with Gasteiger partial charge in [0.2, 0.25) is 13.7 Å². The molecule has 0 aromatic rings. The minimum absolute atomic E-state index is 1.05. The summed E-state index contributed by atoms with van der Waals surface area (Å²) in [5, 5.41) is 7.19. The summed E-state index contributed by atoms with van der Waals surface area (Å²) in [6.07, 6.45) is 8.27. The van der Waals surface area contributed by atoms with Crippen molar-refractivity contribution in [3.05, 3.63) is 24.4 Å². The maximum atomic E-state index is 8.78. The van der Waals surface area contributed by atoms with E-state index in [0.29, 0.717) is 0 Å². The van der Waals surface area contributed by atoms with Gasteiger partial charge in [0.05, 0.1) is 0 Å². The molecular weight excluding hydrogens is 141 g/mol. The third-order valence-electron chi connectivity index (χ3n) is 0.981. The Bertz CT molecular complexity index is 173. The number of likely N-dealkylation sites (N-methyl/N-ethyl adjacent to an activating group) is 1. The Kier molecular flexibility index (Phi) is 4.99. The van der Waals surface area contributed by atoms with Gasteiger partial charge in [-0.1, -0.05) is 12.2 Å². The first-order chi connectivity index (χ1) is 5.13. The van der Waals surface area contributed by atoms with Crippen molar-refractivity contribution in [1.82, 2.24) is 4.90 Å². The highest BCUT2D eigenvalue weighted by Gasteiger charge is 1.86. The molecule has 1 aliphatic heterocycles. The molecule has 0 aliphatic carbocycles. The summed E-state index contributed by atoms with van der Waals surface area (Å²) < 4.78 is 0. The van der Waals surface area contributed by atoms with Gasteiger partial charge in [-0.2, -0.15) is 0 Å². The highest BCUT2D eigenvalue weighted by molar-refractivity contribution is 6.54. The van der Waals surface area contributed by atoms with Crippen LogP contribution in [0, 0.1) is 0 Å². The number of allylic oxidation sites excluding steroid dienone is 2. The number of carboxylic acid groups (broad SMARTS) is 1. The molecule has 1 N–H and O–H groups in total. The molecule has 2 radical (unpaired) electrons. The molecule has 0 saturated carbocycles. The summed E-state index contributed by atoms with van der Waals surface area (Å²) in [6.45, 7) is 1.05. The van der Waals surface area contributed by atoms with Gasteiger partial charge in [0.25, 0.3) is 0 Å². The minimum Gasteiger partial charge on any atom is -0.490 e. The monoisotopic (exact) mass is 151 g/mol. The van der Waals surface area contributed by atoms with Crippen molar-refractivity contribution in [1.29, 1.82) is 0 Å². The quantitative estimate of drug-likeness (QED) is 0.521. The van der Waals surface area contributed by atoms with Crippen molar-refractivity contribution in [2.75, 3.05) is 13.6 Å². The number of carbonyl (C=O) groups is 1. The van der Waals surface area contributed by atoms with Gasteiger partial charge in [0.1, 0.15) is 0 Å². The fourth-order valence-electron chi connectivity index (χ4n) is 0.563. The lowest BCUT2D eigenvalue weighted by atomic mass is 10.2. The predicted molar refractivity (Wildman–Crippen MR) is 44.7 cm³/mol. The molecule has 0 bridgehead atoms. The molecule has 0 atom stereocenters. The van der Waals surface area contributed by atoms with E-state index in [1.807, 2.05) is 6.08 Å². The molecule has 0 saturated heterocycles. The van der Waals surface area contributed by atoms with Crippen molar-refractivity contribution >= 4 is 13.7 Å². The minimum atomic E-state index is -1.33. The smallest absolute Gasteiger partial charge is 0.233 e. The number of rotatable bonds is 0. The molecule has 0 aromatic heterocycles. The highest BCUT2D eigenvalue weighted by Crippen LogP contribution is 1.91. The van der Waals surface area contributed by atoms with Crippen LogP contribution in [0.3, 0.4) is 0 Å². The lowest BCUT2D eigenvalue weighted by molar-refractivity contribution is 0.220. The summed E-state index contributed by atoms with van der Waals surface area (Å²) in [6, 6.07) is 0. The molecule has 58 valence electrons. The average Bonchev–Trinajstić information content (AvgIpc) is 1.87. The van der Waals surface area contributed by atoms with Crippen molar-refractivity contribution in [3.8, 4) is 0 Å². The van der Waals surface area contributed by atoms with Gasteiger partial charge in [-0.3, -0.25) is 4.79 Å². The highest BCUT2D eigenvalue weighted by atomic mass is 16.4. The van der Waals surface area contributed by atoms with Crippen LogP contribution in [0.15, 0.2) is 24.4 Å². The van der Waals surface area contributed by atoms with E-state index >= 15 is 0 Å². The molecule has 1 rings (SSSR count). The van der Waals surface area contributed by atoms with E-state index in [2.05, 4.69) is 38.1 Å². The fraction of sp³-hybridized carbons (Fsp3) is 0.286. The Balaban J connectivity index is 0.000000218. The van der Waals surface area contributed by atoms with Crippen LogP contribution in [0.2, 0.25) is 0 Å². The summed E-state index contributed by atoms with van der Waals surface area (Å²) in [7, 11) is 6.08. The van der Waals surface area contributed by atoms with Gasteiger partial charge >= 0.3 is 0 Å². The van der Waals surface area contributed by atoms with E-state index in [0.717, 1.165) is 6.54 Å². The van der Waals surface area contributed by atoms with E-state index in [4.69, 9.17) is 9.90 Å². The van der Waals surface area contributed by atoms with Gasteiger partial charge in [-0.05, 0) is 12.3 Å². The van der Waals surface area contributed by atoms with Crippen LogP contribution >= 0.6 is 0 Å². The van der Waals surface area contributed by atoms with E-state index in [1.54, 1.807) is 0 Å². The molecule has 0 fully saturated rings. The van der Waals surface area contributed by atoms with E-state index in [-0.39, 0.29) is 0 Å². The average molecular weight is 151 g/mol. The Morgan fingerprint density at radius 3 is 2.36 bits per heavy atom. The van der Waals surface area contributed by atoms with Gasteiger partial charge in [-0.15, -0.1) is 0 Å². The van der Waals surface area contributed by atoms with Crippen LogP contribution < -0.4 is 0 Å². The Labute approximate surface area is 67.4 Å². The maximum absolute atomic E-state index is 8.78. The Hall–Kier alpha value is -1.19. The normalized spacial score (nSPS) is 13.7. The van der Waals surface area contributed by atoms with Crippen LogP contribution in [0.25, 0.3) is 0 Å². The Morgan fingerprint density at radius 2 is 2.18 bits per heavy atom. The first kappa shape index (κ1) is 9.81. The topological polar surface area (TPSA) is 40.5 Å². The SMILES string of the molecule is CN1C=CC=CC1.[B]C(=O)O. The molecule has 0 amide bonds. The van der Waals surface area contributed by atoms with Crippen molar-refractivity contribution in [3.63, 3.8) is 0 Å². The van der Waals surface area contributed by atoms with Crippen LogP contribution in [-0.2, 0) is 0 Å². The van der Waals surface area contributed by atoms with E-state index in [9.17, 15) is 0 Å². The van der Waals surface area contributed by atoms with Crippen LogP contribution in [0.5, 0.6) is 0 Å². The second kappa shape index (κ2) is 5.59. The molecule has 1 aliphatic rings. The molecule has 0 spiro atoms. The number of hydrogen-bond donors (Lipinski definition) is 1. The van der Waals surface area contributed by atoms with Gasteiger partial charge in [0.15, 0.2) is 0 Å². The summed E-state index contributed by atoms with van der Waals surface area (Å²) in [5.74, 6) is -1.33. The lowest BCUT2D eigenvalue weighted by Gasteiger charge is -2.11. The van der Waals surface area contributed by atoms with Gasteiger partial charge in [-0.25, -0.2) is 0 Å². The number of hydrogen-bond acceptors (Lipinski definition) is 2. The van der Waals surface area contributed by atoms with Crippen LogP contribution in [0.1, 0.15) is 0 Å². The second-order valence-corrected chi connectivity index (χ2v) is 2.05. The third kappa shape index (κ3) is 8.81. The second-order valence-electron chi connectivity index (χ2n) is 2.05. The van der Waals surface area contributed by atoms with Gasteiger partial charge < -0.3 is 10.0 Å². The first-order valence-electron chi connectivity index (χ1n) is 3.15. The van der Waals surface area contributed by atoms with Crippen molar-refractivity contribution in [2.45, 2.75) is 0 Å². The molecular formula is C7H10BNO2. The molecule has 1 heterocycles. The lowest BCUT2D eigenvalue weighted by Crippen LogP contribution is -2.11. The fourth-order valence-corrected chi connectivity index (χ4v) is 0.563. The summed E-state index contributed by atoms with van der Waals surface area (Å²) in [5.41, 5.74) is 0. The standard InChI is InChI=1S/C6H9N.CHBO2/c1-7-5-3-2-4-6-7;2-1(3)4/h2-5H,6H2,1H3;(H,3,4). The first-order valence-corrected chi connectivity index (χ1v) is 3.15. The summed E-state index contributed by atoms with van der Waals surface area (Å²) in [4.78, 5) is 10.9. The Morgan fingerprint density at radius 1 is 1.64 bits per heavy atom. The molecule has 3 nitrogen and oxygen atoms in total. The molecule has 0 aromatic carbocycles. The van der Waals surface area contributed by atoms with Crippen LogP contribution in [0.4, 0.5) is 4.79 Å². The number of nitrogens with zero attached hydrogens (tertiary/aromatic N) is 1. The molecule has 0 unspecified atom stereocenters. The zero-order chi connectivity index (χ0) is 8.69. The third-order valence-corrected chi connectivity index (χ3v) is 0.981. The van der Waals surface area contributed by atoms with Gasteiger partial charge in [0, 0.05) is 13.6 Å². The molecule has 4 heteroatoms. The zero-order valence-electron chi connectivity index (χ0n) is 6.40. The van der Waals surface area contributed by atoms with E-state index in [1.165, 1.54) is 0 Å². The van der Waals surface area contributed by atoms with Crippen LogP contribution in [-0.4, -0.2) is 37.3 Å². The largest absolute Gasteiger partial charge is 0.490 e. The van der Waals surface area contributed by atoms with Crippen molar-refractivity contribution < 1.29 is 9.90 Å². The van der Waals surface area contributed by atoms with E-state index < -0.39 is 5.87 Å². The zero-order valence-corrected chi connectivity index (χ0v) is 6.40. The van der Waals surface area contributed by atoms with Crippen molar-refractivity contribution in [2.24, 2.45) is 0 Å². The summed E-state index contributed by atoms with van der Waals surface area (Å²) >= 11 is 0.